The van der Waals surface area contributed by atoms with Gasteiger partial charge in [0, 0.05) is 30.5 Å². The van der Waals surface area contributed by atoms with Crippen molar-refractivity contribution in [3.05, 3.63) is 18.0 Å². The quantitative estimate of drug-likeness (QED) is 0.845. The second-order valence-corrected chi connectivity index (χ2v) is 8.18. The van der Waals surface area contributed by atoms with Crippen LogP contribution in [0, 0.1) is 5.92 Å². The van der Waals surface area contributed by atoms with Crippen molar-refractivity contribution in [1.29, 1.82) is 0 Å². The van der Waals surface area contributed by atoms with Crippen LogP contribution in [0.4, 0.5) is 0 Å². The number of hydrogen-bond acceptors (Lipinski definition) is 3. The van der Waals surface area contributed by atoms with Crippen molar-refractivity contribution in [2.45, 2.75) is 69.0 Å². The van der Waals surface area contributed by atoms with Crippen LogP contribution in [0.3, 0.4) is 0 Å². The predicted molar refractivity (Wildman–Crippen MR) is 82.3 cm³/mol. The summed E-state index contributed by atoms with van der Waals surface area (Å²) in [6.07, 6.45) is 8.67. The molecule has 0 saturated heterocycles. The molecule has 2 saturated carbocycles. The van der Waals surface area contributed by atoms with Crippen LogP contribution < -0.4 is 10.5 Å². The normalized spacial score (nSPS) is 21.8. The van der Waals surface area contributed by atoms with Gasteiger partial charge in [-0.25, -0.2) is 13.1 Å². The fourth-order valence-corrected chi connectivity index (χ4v) is 4.73. The van der Waals surface area contributed by atoms with Gasteiger partial charge in [0.2, 0.25) is 10.0 Å². The number of nitrogens with one attached hydrogen (secondary N) is 1. The second kappa shape index (κ2) is 5.74. The summed E-state index contributed by atoms with van der Waals surface area (Å²) in [7, 11) is -3.44. The van der Waals surface area contributed by atoms with Crippen LogP contribution in [0.5, 0.6) is 0 Å². The zero-order valence-corrected chi connectivity index (χ0v) is 13.4. The average Bonchev–Trinajstić information content (AvgIpc) is 2.98. The molecule has 0 spiro atoms. The third kappa shape index (κ3) is 3.17. The first-order valence-corrected chi connectivity index (χ1v) is 9.42. The van der Waals surface area contributed by atoms with E-state index in [1.807, 2.05) is 11.5 Å². The van der Waals surface area contributed by atoms with Crippen molar-refractivity contribution >= 4 is 10.0 Å². The third-order valence-electron chi connectivity index (χ3n) is 4.81. The fourth-order valence-electron chi connectivity index (χ4n) is 3.37. The highest BCUT2D eigenvalue weighted by Crippen LogP contribution is 2.37. The van der Waals surface area contributed by atoms with Crippen molar-refractivity contribution in [2.75, 3.05) is 0 Å². The maximum atomic E-state index is 12.6. The van der Waals surface area contributed by atoms with E-state index in [0.29, 0.717) is 23.4 Å². The van der Waals surface area contributed by atoms with E-state index in [4.69, 9.17) is 5.73 Å². The summed E-state index contributed by atoms with van der Waals surface area (Å²) in [6, 6.07) is 2.17. The Morgan fingerprint density at radius 2 is 2.00 bits per heavy atom. The Hall–Kier alpha value is -0.850. The summed E-state index contributed by atoms with van der Waals surface area (Å²) in [5.74, 6) is 0.472. The van der Waals surface area contributed by atoms with E-state index in [9.17, 15) is 8.42 Å². The summed E-state index contributed by atoms with van der Waals surface area (Å²) < 4.78 is 30.0. The molecule has 1 heterocycles. The Labute approximate surface area is 127 Å². The summed E-state index contributed by atoms with van der Waals surface area (Å²) in [5.41, 5.74) is 6.65. The second-order valence-electron chi connectivity index (χ2n) is 6.46. The molecule has 0 aliphatic heterocycles. The van der Waals surface area contributed by atoms with Gasteiger partial charge in [-0.05, 0) is 44.6 Å². The first-order valence-electron chi connectivity index (χ1n) is 7.94. The maximum Gasteiger partial charge on any atom is 0.242 e. The minimum absolute atomic E-state index is 0.00287. The Balaban J connectivity index is 1.77. The Bertz CT molecular complexity index is 598. The van der Waals surface area contributed by atoms with Crippen molar-refractivity contribution in [3.63, 3.8) is 0 Å². The van der Waals surface area contributed by atoms with Crippen LogP contribution in [0.1, 0.15) is 57.2 Å². The van der Waals surface area contributed by atoms with Crippen LogP contribution >= 0.6 is 0 Å². The van der Waals surface area contributed by atoms with Crippen molar-refractivity contribution in [2.24, 2.45) is 11.7 Å². The molecular weight excluding hydrogens is 286 g/mol. The van der Waals surface area contributed by atoms with E-state index >= 15 is 0 Å². The standard InChI is InChI=1S/C15H25N3O2S/c1-11(12-4-2-3-5-12)17-21(19,20)15-8-14(9-16)18(10-15)13-6-7-13/h8,10-13,17H,2-7,9,16H2,1H3. The maximum absolute atomic E-state index is 12.6. The lowest BCUT2D eigenvalue weighted by Gasteiger charge is -2.19. The van der Waals surface area contributed by atoms with Gasteiger partial charge in [0.25, 0.3) is 0 Å². The highest BCUT2D eigenvalue weighted by molar-refractivity contribution is 7.89. The molecule has 1 atom stereocenters. The molecule has 1 aromatic heterocycles. The first-order chi connectivity index (χ1) is 10.0. The van der Waals surface area contributed by atoms with Gasteiger partial charge in [-0.2, -0.15) is 0 Å². The SMILES string of the molecule is CC(NS(=O)(=O)c1cc(CN)n(C2CC2)c1)C1CCCC1. The van der Waals surface area contributed by atoms with E-state index in [0.717, 1.165) is 31.4 Å². The zero-order chi connectivity index (χ0) is 15.0. The summed E-state index contributed by atoms with van der Waals surface area (Å²) in [4.78, 5) is 0.361. The molecule has 2 aliphatic rings. The molecule has 3 N–H and O–H groups in total. The monoisotopic (exact) mass is 311 g/mol. The van der Waals surface area contributed by atoms with Crippen molar-refractivity contribution < 1.29 is 8.42 Å². The van der Waals surface area contributed by atoms with Crippen LogP contribution in [-0.2, 0) is 16.6 Å². The van der Waals surface area contributed by atoms with E-state index in [-0.39, 0.29) is 6.04 Å². The highest BCUT2D eigenvalue weighted by Gasteiger charge is 2.30. The molecule has 0 radical (unpaired) electrons. The Morgan fingerprint density at radius 3 is 2.57 bits per heavy atom. The van der Waals surface area contributed by atoms with Gasteiger partial charge in [-0.3, -0.25) is 0 Å². The van der Waals surface area contributed by atoms with Crippen molar-refractivity contribution in [1.82, 2.24) is 9.29 Å². The fraction of sp³-hybridized carbons (Fsp3) is 0.733. The first kappa shape index (κ1) is 15.1. The summed E-state index contributed by atoms with van der Waals surface area (Å²) in [5, 5.41) is 0. The Kier molecular flexibility index (Phi) is 4.12. The van der Waals surface area contributed by atoms with Crippen LogP contribution in [-0.4, -0.2) is 19.0 Å². The molecule has 3 rings (SSSR count). The number of aromatic nitrogens is 1. The van der Waals surface area contributed by atoms with Gasteiger partial charge in [0.05, 0.1) is 4.90 Å². The summed E-state index contributed by atoms with van der Waals surface area (Å²) in [6.45, 7) is 2.36. The molecule has 0 bridgehead atoms. The molecule has 0 aromatic carbocycles. The lowest BCUT2D eigenvalue weighted by Crippen LogP contribution is -2.37. The molecule has 6 heteroatoms. The summed E-state index contributed by atoms with van der Waals surface area (Å²) >= 11 is 0. The van der Waals surface area contributed by atoms with Gasteiger partial charge < -0.3 is 10.3 Å². The molecule has 5 nitrogen and oxygen atoms in total. The molecule has 2 fully saturated rings. The van der Waals surface area contributed by atoms with Crippen LogP contribution in [0.15, 0.2) is 17.2 Å². The minimum atomic E-state index is -3.44. The third-order valence-corrected chi connectivity index (χ3v) is 6.34. The van der Waals surface area contributed by atoms with Gasteiger partial charge in [-0.1, -0.05) is 12.8 Å². The number of hydrogen-bond donors (Lipinski definition) is 2. The number of nitrogens with two attached hydrogens (primary N) is 1. The number of rotatable bonds is 6. The lowest BCUT2D eigenvalue weighted by molar-refractivity contribution is 0.424. The number of nitrogens with zero attached hydrogens (tertiary/aromatic N) is 1. The van der Waals surface area contributed by atoms with Gasteiger partial charge >= 0.3 is 0 Å². The Morgan fingerprint density at radius 1 is 1.33 bits per heavy atom. The average molecular weight is 311 g/mol. The molecule has 21 heavy (non-hydrogen) atoms. The van der Waals surface area contributed by atoms with Crippen LogP contribution in [0.2, 0.25) is 0 Å². The molecule has 1 aromatic rings. The minimum Gasteiger partial charge on any atom is -0.346 e. The largest absolute Gasteiger partial charge is 0.346 e. The number of sulfonamides is 1. The zero-order valence-electron chi connectivity index (χ0n) is 12.6. The predicted octanol–water partition coefficient (Wildman–Crippen LogP) is 2.14. The van der Waals surface area contributed by atoms with E-state index in [1.165, 1.54) is 12.8 Å². The van der Waals surface area contributed by atoms with Crippen molar-refractivity contribution in [3.8, 4) is 0 Å². The highest BCUT2D eigenvalue weighted by atomic mass is 32.2. The van der Waals surface area contributed by atoms with E-state index < -0.39 is 10.0 Å². The van der Waals surface area contributed by atoms with Crippen LogP contribution in [0.25, 0.3) is 0 Å². The molecule has 2 aliphatic carbocycles. The molecule has 0 amide bonds. The lowest BCUT2D eigenvalue weighted by atomic mass is 10.0. The van der Waals surface area contributed by atoms with E-state index in [1.54, 1.807) is 12.3 Å². The smallest absolute Gasteiger partial charge is 0.242 e. The van der Waals surface area contributed by atoms with Gasteiger partial charge in [0.1, 0.15) is 0 Å². The molecular formula is C15H25N3O2S. The van der Waals surface area contributed by atoms with Gasteiger partial charge in [0.15, 0.2) is 0 Å². The molecule has 1 unspecified atom stereocenters. The molecule has 118 valence electrons. The topological polar surface area (TPSA) is 77.1 Å². The van der Waals surface area contributed by atoms with E-state index in [2.05, 4.69) is 4.72 Å². The van der Waals surface area contributed by atoms with Gasteiger partial charge in [-0.15, -0.1) is 0 Å².